The van der Waals surface area contributed by atoms with E-state index < -0.39 is 12.7 Å². The average Bonchev–Trinajstić information content (AvgIpc) is 2.25. The van der Waals surface area contributed by atoms with Gasteiger partial charge in [0.2, 0.25) is 0 Å². The lowest BCUT2D eigenvalue weighted by molar-refractivity contribution is -0.143. The molecule has 0 saturated carbocycles. The molecule has 1 unspecified atom stereocenters. The molecular formula is C15H23F3N2. The SMILES string of the molecule is CNC(CCN(C)CC(F)(F)F)c1cc(C)cc(C)c1. The van der Waals surface area contributed by atoms with Crippen molar-refractivity contribution >= 4 is 0 Å². The predicted octanol–water partition coefficient (Wildman–Crippen LogP) is 3.45. The molecule has 114 valence electrons. The lowest BCUT2D eigenvalue weighted by Gasteiger charge is -2.23. The van der Waals surface area contributed by atoms with Crippen molar-refractivity contribution in [2.45, 2.75) is 32.5 Å². The molecule has 0 aliphatic heterocycles. The van der Waals surface area contributed by atoms with Crippen molar-refractivity contribution < 1.29 is 13.2 Å². The zero-order valence-corrected chi connectivity index (χ0v) is 12.5. The summed E-state index contributed by atoms with van der Waals surface area (Å²) in [7, 11) is 3.34. The highest BCUT2D eigenvalue weighted by atomic mass is 19.4. The molecule has 1 aromatic rings. The van der Waals surface area contributed by atoms with Crippen LogP contribution in [-0.2, 0) is 0 Å². The molecule has 1 atom stereocenters. The van der Waals surface area contributed by atoms with Crippen molar-refractivity contribution in [3.05, 3.63) is 34.9 Å². The lowest BCUT2D eigenvalue weighted by atomic mass is 9.99. The smallest absolute Gasteiger partial charge is 0.313 e. The number of aryl methyl sites for hydroxylation is 2. The van der Waals surface area contributed by atoms with Gasteiger partial charge in [-0.05, 0) is 46.5 Å². The summed E-state index contributed by atoms with van der Waals surface area (Å²) >= 11 is 0. The molecule has 5 heteroatoms. The molecule has 0 aromatic heterocycles. The monoisotopic (exact) mass is 288 g/mol. The fourth-order valence-corrected chi connectivity index (χ4v) is 2.42. The first-order valence-corrected chi connectivity index (χ1v) is 6.72. The van der Waals surface area contributed by atoms with Crippen LogP contribution in [0.5, 0.6) is 0 Å². The number of nitrogens with zero attached hydrogens (tertiary/aromatic N) is 1. The third-order valence-corrected chi connectivity index (χ3v) is 3.24. The molecule has 0 saturated heterocycles. The largest absolute Gasteiger partial charge is 0.401 e. The second-order valence-electron chi connectivity index (χ2n) is 5.40. The van der Waals surface area contributed by atoms with E-state index >= 15 is 0 Å². The minimum absolute atomic E-state index is 0.0734. The molecule has 0 spiro atoms. The lowest BCUT2D eigenvalue weighted by Crippen LogP contribution is -2.33. The van der Waals surface area contributed by atoms with Gasteiger partial charge in [0, 0.05) is 6.04 Å². The molecule has 0 aliphatic carbocycles. The van der Waals surface area contributed by atoms with E-state index in [9.17, 15) is 13.2 Å². The van der Waals surface area contributed by atoms with Crippen LogP contribution in [0.15, 0.2) is 18.2 Å². The molecule has 2 nitrogen and oxygen atoms in total. The van der Waals surface area contributed by atoms with Gasteiger partial charge in [-0.1, -0.05) is 29.3 Å². The first-order valence-electron chi connectivity index (χ1n) is 6.72. The Kier molecular flexibility index (Phi) is 6.02. The number of rotatable bonds is 6. The van der Waals surface area contributed by atoms with Crippen LogP contribution in [0.3, 0.4) is 0 Å². The van der Waals surface area contributed by atoms with E-state index in [0.29, 0.717) is 13.0 Å². The Morgan fingerprint density at radius 2 is 1.70 bits per heavy atom. The van der Waals surface area contributed by atoms with E-state index in [-0.39, 0.29) is 6.04 Å². The van der Waals surface area contributed by atoms with E-state index in [1.807, 2.05) is 20.9 Å². The Morgan fingerprint density at radius 1 is 1.15 bits per heavy atom. The maximum atomic E-state index is 12.3. The Labute approximate surface area is 119 Å². The van der Waals surface area contributed by atoms with Gasteiger partial charge in [-0.2, -0.15) is 13.2 Å². The van der Waals surface area contributed by atoms with E-state index in [1.165, 1.54) is 23.1 Å². The third-order valence-electron chi connectivity index (χ3n) is 3.24. The van der Waals surface area contributed by atoms with Gasteiger partial charge in [0.15, 0.2) is 0 Å². The summed E-state index contributed by atoms with van der Waals surface area (Å²) in [6.07, 6.45) is -3.49. The van der Waals surface area contributed by atoms with Crippen molar-refractivity contribution in [1.29, 1.82) is 0 Å². The zero-order valence-electron chi connectivity index (χ0n) is 12.5. The summed E-state index contributed by atoms with van der Waals surface area (Å²) in [4.78, 5) is 1.31. The van der Waals surface area contributed by atoms with Crippen LogP contribution in [0.25, 0.3) is 0 Å². The molecule has 0 radical (unpaired) electrons. The molecular weight excluding hydrogens is 265 g/mol. The van der Waals surface area contributed by atoms with Crippen LogP contribution in [0, 0.1) is 13.8 Å². The summed E-state index contributed by atoms with van der Waals surface area (Å²) in [5.41, 5.74) is 3.47. The van der Waals surface area contributed by atoms with Crippen LogP contribution in [0.2, 0.25) is 0 Å². The Bertz CT molecular complexity index is 409. The number of benzene rings is 1. The van der Waals surface area contributed by atoms with Crippen molar-refractivity contribution in [2.24, 2.45) is 0 Å². The number of alkyl halides is 3. The van der Waals surface area contributed by atoms with Gasteiger partial charge in [0.1, 0.15) is 0 Å². The number of hydrogen-bond acceptors (Lipinski definition) is 2. The van der Waals surface area contributed by atoms with Crippen molar-refractivity contribution in [3.63, 3.8) is 0 Å². The van der Waals surface area contributed by atoms with E-state index in [2.05, 4.69) is 23.5 Å². The van der Waals surface area contributed by atoms with Crippen LogP contribution in [-0.4, -0.2) is 38.3 Å². The quantitative estimate of drug-likeness (QED) is 0.862. The highest BCUT2D eigenvalue weighted by molar-refractivity contribution is 5.30. The van der Waals surface area contributed by atoms with Crippen LogP contribution >= 0.6 is 0 Å². The van der Waals surface area contributed by atoms with Crippen molar-refractivity contribution in [2.75, 3.05) is 27.2 Å². The van der Waals surface area contributed by atoms with Crippen molar-refractivity contribution in [3.8, 4) is 0 Å². The summed E-state index contributed by atoms with van der Waals surface area (Å²) in [6, 6.07) is 6.33. The zero-order chi connectivity index (χ0) is 15.3. The molecule has 1 rings (SSSR count). The molecule has 0 aliphatic rings. The molecule has 1 aromatic carbocycles. The minimum Gasteiger partial charge on any atom is -0.313 e. The maximum Gasteiger partial charge on any atom is 0.401 e. The van der Waals surface area contributed by atoms with Crippen LogP contribution in [0.4, 0.5) is 13.2 Å². The first kappa shape index (κ1) is 17.0. The second-order valence-corrected chi connectivity index (χ2v) is 5.40. The van der Waals surface area contributed by atoms with Crippen LogP contribution in [0.1, 0.15) is 29.2 Å². The van der Waals surface area contributed by atoms with Gasteiger partial charge in [-0.25, -0.2) is 0 Å². The molecule has 1 N–H and O–H groups in total. The highest BCUT2D eigenvalue weighted by Crippen LogP contribution is 2.21. The standard InChI is InChI=1S/C15H23F3N2/c1-11-7-12(2)9-13(8-11)14(19-3)5-6-20(4)10-15(16,17)18/h7-9,14,19H,5-6,10H2,1-4H3. The van der Waals surface area contributed by atoms with E-state index in [0.717, 1.165) is 5.56 Å². The molecule has 20 heavy (non-hydrogen) atoms. The fraction of sp³-hybridized carbons (Fsp3) is 0.600. The van der Waals surface area contributed by atoms with Gasteiger partial charge in [0.05, 0.1) is 6.54 Å². The fourth-order valence-electron chi connectivity index (χ4n) is 2.42. The maximum absolute atomic E-state index is 12.3. The summed E-state index contributed by atoms with van der Waals surface area (Å²) in [5, 5.41) is 3.18. The predicted molar refractivity (Wildman–Crippen MR) is 75.9 cm³/mol. The van der Waals surface area contributed by atoms with Gasteiger partial charge in [0.25, 0.3) is 0 Å². The molecule has 0 fully saturated rings. The number of halogens is 3. The van der Waals surface area contributed by atoms with Crippen LogP contribution < -0.4 is 5.32 Å². The third kappa shape index (κ3) is 5.92. The summed E-state index contributed by atoms with van der Waals surface area (Å²) in [5.74, 6) is 0. The second kappa shape index (κ2) is 7.09. The normalized spacial score (nSPS) is 13.8. The molecule has 0 bridgehead atoms. The van der Waals surface area contributed by atoms with Crippen molar-refractivity contribution in [1.82, 2.24) is 10.2 Å². The average molecular weight is 288 g/mol. The minimum atomic E-state index is -4.14. The van der Waals surface area contributed by atoms with Gasteiger partial charge < -0.3 is 5.32 Å². The first-order chi connectivity index (χ1) is 9.21. The molecule has 0 heterocycles. The Balaban J connectivity index is 2.63. The molecule has 0 amide bonds. The number of nitrogens with one attached hydrogen (secondary N) is 1. The Morgan fingerprint density at radius 3 is 2.15 bits per heavy atom. The summed E-state index contributed by atoms with van der Waals surface area (Å²) in [6.45, 7) is 3.59. The van der Waals surface area contributed by atoms with Gasteiger partial charge >= 0.3 is 6.18 Å². The van der Waals surface area contributed by atoms with E-state index in [1.54, 1.807) is 0 Å². The highest BCUT2D eigenvalue weighted by Gasteiger charge is 2.29. The summed E-state index contributed by atoms with van der Waals surface area (Å²) < 4.78 is 36.9. The Hall–Kier alpha value is -1.07. The van der Waals surface area contributed by atoms with E-state index in [4.69, 9.17) is 0 Å². The topological polar surface area (TPSA) is 15.3 Å². The van der Waals surface area contributed by atoms with Gasteiger partial charge in [-0.3, -0.25) is 4.90 Å². The van der Waals surface area contributed by atoms with Gasteiger partial charge in [-0.15, -0.1) is 0 Å². The number of hydrogen-bond donors (Lipinski definition) is 1.